The molecule has 2 aromatic carbocycles. The fourth-order valence-electron chi connectivity index (χ4n) is 2.62. The normalized spacial score (nSPS) is 12.6. The molecule has 0 saturated heterocycles. The number of aromatic nitrogens is 2. The molecule has 0 spiro atoms. The van der Waals surface area contributed by atoms with Crippen LogP contribution in [0.1, 0.15) is 16.8 Å². The van der Waals surface area contributed by atoms with Crippen LogP contribution in [0.5, 0.6) is 11.5 Å². The van der Waals surface area contributed by atoms with E-state index in [9.17, 15) is 43.5 Å². The zero-order chi connectivity index (χ0) is 24.6. The van der Waals surface area contributed by atoms with E-state index in [1.807, 2.05) is 0 Å². The first kappa shape index (κ1) is 24.4. The molecule has 176 valence electrons. The Balaban J connectivity index is 1.99. The van der Waals surface area contributed by atoms with Crippen molar-refractivity contribution in [1.29, 1.82) is 0 Å². The van der Waals surface area contributed by atoms with Gasteiger partial charge in [0.1, 0.15) is 16.5 Å². The van der Waals surface area contributed by atoms with Crippen LogP contribution < -0.4 is 4.74 Å². The Kier molecular flexibility index (Phi) is 6.33. The van der Waals surface area contributed by atoms with Crippen molar-refractivity contribution >= 4 is 9.84 Å². The van der Waals surface area contributed by atoms with Gasteiger partial charge in [0.15, 0.2) is 21.4 Å². The maximum atomic E-state index is 14.4. The summed E-state index contributed by atoms with van der Waals surface area (Å²) in [6.45, 7) is 0. The minimum atomic E-state index is -5.19. The summed E-state index contributed by atoms with van der Waals surface area (Å²) < 4.78 is 136. The number of benzene rings is 2. The lowest BCUT2D eigenvalue weighted by molar-refractivity contribution is -0.143. The summed E-state index contributed by atoms with van der Waals surface area (Å²) in [5, 5.41) is 6.97. The molecule has 14 heteroatoms. The molecule has 0 unspecified atom stereocenters. The van der Waals surface area contributed by atoms with Gasteiger partial charge in [0.05, 0.1) is 22.6 Å². The summed E-state index contributed by atoms with van der Waals surface area (Å²) in [4.78, 5) is -1.11. The molecule has 0 radical (unpaired) electrons. The maximum Gasteiger partial charge on any atom is 0.416 e. The number of nitrogens with zero attached hydrogens (tertiary/aromatic N) is 2. The molecule has 3 rings (SSSR count). The molecule has 0 aliphatic heterocycles. The lowest BCUT2D eigenvalue weighted by Crippen LogP contribution is -2.11. The molecule has 0 aliphatic carbocycles. The van der Waals surface area contributed by atoms with Gasteiger partial charge in [-0.1, -0.05) is 0 Å². The van der Waals surface area contributed by atoms with E-state index in [-0.39, 0.29) is 36.0 Å². The second-order valence-electron chi connectivity index (χ2n) is 6.53. The first-order valence-corrected chi connectivity index (χ1v) is 10.3. The fourth-order valence-corrected chi connectivity index (χ4v) is 3.96. The predicted octanol–water partition coefficient (Wildman–Crippen LogP) is 5.56. The number of sulfone groups is 1. The SMILES string of the molecule is O=S(=O)(Cc1cccnn1)c1cc(F)c(Oc2cc(C(F)(F)F)cc(C(F)(F)F)c2)cc1F. The van der Waals surface area contributed by atoms with Gasteiger partial charge in [0.2, 0.25) is 0 Å². The Morgan fingerprint density at radius 1 is 0.848 bits per heavy atom. The Morgan fingerprint density at radius 2 is 1.45 bits per heavy atom. The van der Waals surface area contributed by atoms with Gasteiger partial charge < -0.3 is 4.74 Å². The number of halogens is 8. The first-order chi connectivity index (χ1) is 15.2. The van der Waals surface area contributed by atoms with E-state index in [0.29, 0.717) is 0 Å². The Bertz CT molecular complexity index is 1240. The quantitative estimate of drug-likeness (QED) is 0.431. The molecule has 1 aromatic heterocycles. The molecule has 5 nitrogen and oxygen atoms in total. The van der Waals surface area contributed by atoms with Crippen LogP contribution in [0, 0.1) is 11.6 Å². The number of hydrogen-bond acceptors (Lipinski definition) is 5. The summed E-state index contributed by atoms with van der Waals surface area (Å²) >= 11 is 0. The van der Waals surface area contributed by atoms with Gasteiger partial charge in [-0.25, -0.2) is 17.2 Å². The van der Waals surface area contributed by atoms with Gasteiger partial charge >= 0.3 is 12.4 Å². The highest BCUT2D eigenvalue weighted by Crippen LogP contribution is 2.40. The van der Waals surface area contributed by atoms with Crippen molar-refractivity contribution in [1.82, 2.24) is 10.2 Å². The predicted molar refractivity (Wildman–Crippen MR) is 95.8 cm³/mol. The van der Waals surface area contributed by atoms with Crippen molar-refractivity contribution in [3.63, 3.8) is 0 Å². The highest BCUT2D eigenvalue weighted by atomic mass is 32.2. The van der Waals surface area contributed by atoms with E-state index in [4.69, 9.17) is 4.74 Å². The van der Waals surface area contributed by atoms with Crippen LogP contribution in [0.3, 0.4) is 0 Å². The standard InChI is InChI=1S/C19H10F8N2O3S/c20-14-8-17(33(30,31)9-12-2-1-3-28-29-12)15(21)7-16(14)32-13-5-10(18(22,23)24)4-11(6-13)19(25,26)27/h1-8H,9H2. The van der Waals surface area contributed by atoms with E-state index in [1.54, 1.807) is 0 Å². The summed E-state index contributed by atoms with van der Waals surface area (Å²) in [5.41, 5.74) is -3.56. The second-order valence-corrected chi connectivity index (χ2v) is 8.49. The number of alkyl halides is 6. The highest BCUT2D eigenvalue weighted by Gasteiger charge is 2.37. The summed E-state index contributed by atoms with van der Waals surface area (Å²) in [6, 6.07) is 3.17. The summed E-state index contributed by atoms with van der Waals surface area (Å²) in [7, 11) is -4.48. The molecule has 0 aliphatic rings. The third kappa shape index (κ3) is 5.74. The molecule has 0 bridgehead atoms. The average molecular weight is 498 g/mol. The molecular weight excluding hydrogens is 488 g/mol. The van der Waals surface area contributed by atoms with E-state index in [0.717, 1.165) is 0 Å². The molecule has 33 heavy (non-hydrogen) atoms. The van der Waals surface area contributed by atoms with E-state index < -0.39 is 67.1 Å². The molecule has 0 fully saturated rings. The van der Waals surface area contributed by atoms with Crippen molar-refractivity contribution in [3.05, 3.63) is 77.1 Å². The van der Waals surface area contributed by atoms with Crippen molar-refractivity contribution in [2.45, 2.75) is 23.0 Å². The highest BCUT2D eigenvalue weighted by molar-refractivity contribution is 7.90. The molecule has 0 atom stereocenters. The average Bonchev–Trinajstić information content (AvgIpc) is 2.69. The van der Waals surface area contributed by atoms with Crippen molar-refractivity contribution in [2.24, 2.45) is 0 Å². The zero-order valence-corrected chi connectivity index (χ0v) is 16.7. The Morgan fingerprint density at radius 3 is 1.97 bits per heavy atom. The van der Waals surface area contributed by atoms with Crippen LogP contribution in [0.4, 0.5) is 35.1 Å². The first-order valence-electron chi connectivity index (χ1n) is 8.62. The lowest BCUT2D eigenvalue weighted by Gasteiger charge is -2.15. The minimum Gasteiger partial charge on any atom is -0.454 e. The van der Waals surface area contributed by atoms with Crippen molar-refractivity contribution in [2.75, 3.05) is 0 Å². The molecule has 0 amide bonds. The minimum absolute atomic E-state index is 0.0821. The number of hydrogen-bond donors (Lipinski definition) is 0. The van der Waals surface area contributed by atoms with Crippen LogP contribution in [0.25, 0.3) is 0 Å². The van der Waals surface area contributed by atoms with Gasteiger partial charge in [0, 0.05) is 12.3 Å². The summed E-state index contributed by atoms with van der Waals surface area (Å²) in [5.74, 6) is -6.15. The van der Waals surface area contributed by atoms with Crippen LogP contribution in [-0.2, 0) is 27.9 Å². The topological polar surface area (TPSA) is 69.2 Å². The van der Waals surface area contributed by atoms with Gasteiger partial charge in [0.25, 0.3) is 0 Å². The van der Waals surface area contributed by atoms with E-state index in [2.05, 4.69) is 10.2 Å². The van der Waals surface area contributed by atoms with Crippen LogP contribution in [-0.4, -0.2) is 18.6 Å². The van der Waals surface area contributed by atoms with Crippen LogP contribution >= 0.6 is 0 Å². The lowest BCUT2D eigenvalue weighted by atomic mass is 10.1. The third-order valence-corrected chi connectivity index (χ3v) is 5.73. The maximum absolute atomic E-state index is 14.4. The van der Waals surface area contributed by atoms with Crippen LogP contribution in [0.15, 0.2) is 53.6 Å². The zero-order valence-electron chi connectivity index (χ0n) is 15.9. The van der Waals surface area contributed by atoms with Crippen molar-refractivity contribution in [3.8, 4) is 11.5 Å². The van der Waals surface area contributed by atoms with E-state index >= 15 is 0 Å². The van der Waals surface area contributed by atoms with Crippen molar-refractivity contribution < 1.29 is 48.3 Å². The number of ether oxygens (including phenoxy) is 1. The summed E-state index contributed by atoms with van der Waals surface area (Å²) in [6.07, 6.45) is -9.14. The van der Waals surface area contributed by atoms with E-state index in [1.165, 1.54) is 18.3 Å². The van der Waals surface area contributed by atoms with Gasteiger partial charge in [-0.05, 0) is 36.4 Å². The Labute approximate surface area is 180 Å². The third-order valence-electron chi connectivity index (χ3n) is 4.08. The van der Waals surface area contributed by atoms with Gasteiger partial charge in [-0.2, -0.15) is 36.5 Å². The van der Waals surface area contributed by atoms with Crippen LogP contribution in [0.2, 0.25) is 0 Å². The number of rotatable bonds is 5. The second kappa shape index (κ2) is 8.57. The molecular formula is C19H10F8N2O3S. The molecule has 0 N–H and O–H groups in total. The largest absolute Gasteiger partial charge is 0.454 e. The monoisotopic (exact) mass is 498 g/mol. The molecule has 0 saturated carbocycles. The Hall–Kier alpha value is -3.29. The smallest absolute Gasteiger partial charge is 0.416 e. The fraction of sp³-hybridized carbons (Fsp3) is 0.158. The molecule has 3 aromatic rings. The van der Waals surface area contributed by atoms with Gasteiger partial charge in [-0.3, -0.25) is 0 Å². The molecule has 1 heterocycles. The van der Waals surface area contributed by atoms with Gasteiger partial charge in [-0.15, -0.1) is 0 Å².